The number of nitrogens with two attached hydrogens (primary N) is 1. The highest BCUT2D eigenvalue weighted by Gasteiger charge is 2.17. The molecule has 1 aliphatic heterocycles. The lowest BCUT2D eigenvalue weighted by molar-refractivity contribution is 0.803. The van der Waals surface area contributed by atoms with Crippen molar-refractivity contribution in [3.05, 3.63) is 76.8 Å². The van der Waals surface area contributed by atoms with Gasteiger partial charge in [-0.1, -0.05) is 29.8 Å². The van der Waals surface area contributed by atoms with Crippen molar-refractivity contribution in [2.75, 3.05) is 13.1 Å². The SMILES string of the molecule is NC(CC(c1ccc(Cl)cc1)c1ccccn1)=NCCC1=CNCC=N1. The van der Waals surface area contributed by atoms with Gasteiger partial charge in [-0.15, -0.1) is 0 Å². The molecule has 0 fully saturated rings. The molecule has 6 heteroatoms. The molecule has 3 N–H and O–H groups in total. The summed E-state index contributed by atoms with van der Waals surface area (Å²) < 4.78 is 0. The summed E-state index contributed by atoms with van der Waals surface area (Å²) in [5.41, 5.74) is 9.30. The fraction of sp³-hybridized carbons (Fsp3) is 0.250. The van der Waals surface area contributed by atoms with Gasteiger partial charge in [-0.2, -0.15) is 0 Å². The molecule has 2 aromatic rings. The molecule has 0 amide bonds. The van der Waals surface area contributed by atoms with Crippen LogP contribution in [-0.4, -0.2) is 30.1 Å². The van der Waals surface area contributed by atoms with E-state index in [0.717, 1.165) is 29.9 Å². The first-order valence-corrected chi connectivity index (χ1v) is 9.00. The highest BCUT2D eigenvalue weighted by molar-refractivity contribution is 6.30. The number of hydrogen-bond donors (Lipinski definition) is 2. The predicted molar refractivity (Wildman–Crippen MR) is 108 cm³/mol. The molecule has 1 aromatic heterocycles. The van der Waals surface area contributed by atoms with Crippen LogP contribution in [0.25, 0.3) is 0 Å². The van der Waals surface area contributed by atoms with E-state index in [2.05, 4.69) is 20.3 Å². The van der Waals surface area contributed by atoms with Crippen LogP contribution >= 0.6 is 11.6 Å². The number of halogens is 1. The van der Waals surface area contributed by atoms with E-state index in [9.17, 15) is 0 Å². The Balaban J connectivity index is 1.70. The smallest absolute Gasteiger partial charge is 0.0947 e. The lowest BCUT2D eigenvalue weighted by Crippen LogP contribution is -2.18. The number of nitrogens with zero attached hydrogens (tertiary/aromatic N) is 3. The number of aliphatic imine (C=N–C) groups is 2. The second-order valence-corrected chi connectivity index (χ2v) is 6.48. The van der Waals surface area contributed by atoms with Crippen LogP contribution in [0.5, 0.6) is 0 Å². The van der Waals surface area contributed by atoms with E-state index in [1.54, 1.807) is 6.20 Å². The maximum absolute atomic E-state index is 6.22. The van der Waals surface area contributed by atoms with E-state index in [4.69, 9.17) is 17.3 Å². The van der Waals surface area contributed by atoms with Crippen molar-refractivity contribution >= 4 is 23.7 Å². The summed E-state index contributed by atoms with van der Waals surface area (Å²) in [4.78, 5) is 13.4. The quantitative estimate of drug-likeness (QED) is 0.580. The van der Waals surface area contributed by atoms with E-state index in [1.807, 2.05) is 54.9 Å². The fourth-order valence-electron chi connectivity index (χ4n) is 2.82. The second-order valence-electron chi connectivity index (χ2n) is 6.04. The zero-order valence-corrected chi connectivity index (χ0v) is 15.2. The Kier molecular flexibility index (Phi) is 6.39. The van der Waals surface area contributed by atoms with Gasteiger partial charge in [0, 0.05) is 61.2 Å². The molecule has 5 nitrogen and oxygen atoms in total. The largest absolute Gasteiger partial charge is 0.387 e. The molecule has 1 aliphatic rings. The molecular formula is C20H22ClN5. The molecule has 26 heavy (non-hydrogen) atoms. The average Bonchev–Trinajstić information content (AvgIpc) is 2.68. The molecule has 134 valence electrons. The Hall–Kier alpha value is -2.66. The van der Waals surface area contributed by atoms with E-state index in [0.29, 0.717) is 23.8 Å². The van der Waals surface area contributed by atoms with E-state index in [-0.39, 0.29) is 5.92 Å². The normalized spacial score (nSPS) is 15.3. The minimum Gasteiger partial charge on any atom is -0.387 e. The summed E-state index contributed by atoms with van der Waals surface area (Å²) >= 11 is 6.02. The predicted octanol–water partition coefficient (Wildman–Crippen LogP) is 3.52. The first kappa shape index (κ1) is 18.1. The van der Waals surface area contributed by atoms with Crippen LogP contribution in [0.15, 0.2) is 70.5 Å². The fourth-order valence-corrected chi connectivity index (χ4v) is 2.95. The van der Waals surface area contributed by atoms with Gasteiger partial charge in [-0.25, -0.2) is 0 Å². The monoisotopic (exact) mass is 367 g/mol. The number of amidine groups is 1. The Bertz CT molecular complexity index is 797. The number of benzene rings is 1. The summed E-state index contributed by atoms with van der Waals surface area (Å²) in [6.45, 7) is 1.40. The van der Waals surface area contributed by atoms with E-state index in [1.165, 1.54) is 0 Å². The number of hydrogen-bond acceptors (Lipinski definition) is 4. The van der Waals surface area contributed by atoms with E-state index >= 15 is 0 Å². The highest BCUT2D eigenvalue weighted by atomic mass is 35.5. The summed E-state index contributed by atoms with van der Waals surface area (Å²) in [6, 6.07) is 13.7. The van der Waals surface area contributed by atoms with Crippen LogP contribution in [-0.2, 0) is 0 Å². The molecule has 2 heterocycles. The maximum atomic E-state index is 6.22. The maximum Gasteiger partial charge on any atom is 0.0947 e. The topological polar surface area (TPSA) is 75.7 Å². The van der Waals surface area contributed by atoms with Gasteiger partial charge >= 0.3 is 0 Å². The highest BCUT2D eigenvalue weighted by Crippen LogP contribution is 2.27. The number of rotatable bonds is 7. The Labute approximate surface area is 158 Å². The van der Waals surface area contributed by atoms with Gasteiger partial charge in [-0.05, 0) is 29.8 Å². The van der Waals surface area contributed by atoms with Crippen molar-refractivity contribution in [3.63, 3.8) is 0 Å². The molecule has 3 rings (SSSR count). The second kappa shape index (κ2) is 9.15. The standard InChI is InChI=1S/C20H22ClN5/c21-16-6-4-15(5-7-16)18(19-3-1-2-9-25-19)13-20(22)26-10-8-17-14-23-11-12-24-17/h1-7,9,12,14,18,23H,8,10-11,13H2,(H2,22,26). The van der Waals surface area contributed by atoms with Crippen molar-refractivity contribution in [1.82, 2.24) is 10.3 Å². The third-order valence-corrected chi connectivity index (χ3v) is 4.40. The van der Waals surface area contributed by atoms with E-state index < -0.39 is 0 Å². The van der Waals surface area contributed by atoms with Crippen molar-refractivity contribution in [2.45, 2.75) is 18.8 Å². The van der Waals surface area contributed by atoms with Gasteiger partial charge in [0.1, 0.15) is 0 Å². The molecule has 1 unspecified atom stereocenters. The van der Waals surface area contributed by atoms with Gasteiger partial charge < -0.3 is 11.1 Å². The van der Waals surface area contributed by atoms with Crippen molar-refractivity contribution < 1.29 is 0 Å². The van der Waals surface area contributed by atoms with Crippen molar-refractivity contribution in [2.24, 2.45) is 15.7 Å². The molecular weight excluding hydrogens is 346 g/mol. The first-order valence-electron chi connectivity index (χ1n) is 8.62. The minimum absolute atomic E-state index is 0.0470. The third kappa shape index (κ3) is 5.17. The molecule has 0 radical (unpaired) electrons. The van der Waals surface area contributed by atoms with Crippen LogP contribution in [0.1, 0.15) is 30.0 Å². The molecule has 0 spiro atoms. The number of nitrogens with one attached hydrogen (secondary N) is 1. The lowest BCUT2D eigenvalue weighted by Gasteiger charge is -2.17. The Morgan fingerprint density at radius 3 is 2.77 bits per heavy atom. The van der Waals surface area contributed by atoms with Crippen LogP contribution in [0.4, 0.5) is 0 Å². The zero-order valence-electron chi connectivity index (χ0n) is 14.5. The van der Waals surface area contributed by atoms with Gasteiger partial charge in [0.05, 0.1) is 11.5 Å². The van der Waals surface area contributed by atoms with Gasteiger partial charge in [0.25, 0.3) is 0 Å². The summed E-state index contributed by atoms with van der Waals surface area (Å²) in [7, 11) is 0. The van der Waals surface area contributed by atoms with Crippen molar-refractivity contribution in [1.29, 1.82) is 0 Å². The van der Waals surface area contributed by atoms with Crippen LogP contribution in [0.3, 0.4) is 0 Å². The van der Waals surface area contributed by atoms with Gasteiger partial charge in [-0.3, -0.25) is 15.0 Å². The van der Waals surface area contributed by atoms with Crippen LogP contribution in [0, 0.1) is 0 Å². The van der Waals surface area contributed by atoms with Crippen molar-refractivity contribution in [3.8, 4) is 0 Å². The Morgan fingerprint density at radius 1 is 1.23 bits per heavy atom. The lowest BCUT2D eigenvalue weighted by atomic mass is 9.91. The number of aromatic nitrogens is 1. The summed E-state index contributed by atoms with van der Waals surface area (Å²) in [5.74, 6) is 0.662. The average molecular weight is 368 g/mol. The molecule has 0 aliphatic carbocycles. The van der Waals surface area contributed by atoms with Gasteiger partial charge in [0.15, 0.2) is 0 Å². The molecule has 0 saturated carbocycles. The molecule has 1 atom stereocenters. The number of pyridine rings is 1. The summed E-state index contributed by atoms with van der Waals surface area (Å²) in [6.07, 6.45) is 6.96. The van der Waals surface area contributed by atoms with Crippen LogP contribution in [0.2, 0.25) is 5.02 Å². The van der Waals surface area contributed by atoms with Gasteiger partial charge in [0.2, 0.25) is 0 Å². The zero-order chi connectivity index (χ0) is 18.2. The first-order chi connectivity index (χ1) is 12.7. The molecule has 1 aromatic carbocycles. The van der Waals surface area contributed by atoms with Crippen LogP contribution < -0.4 is 11.1 Å². The molecule has 0 bridgehead atoms. The minimum atomic E-state index is 0.0470. The Morgan fingerprint density at radius 2 is 2.08 bits per heavy atom. The summed E-state index contributed by atoms with van der Waals surface area (Å²) in [5, 5.41) is 3.86. The third-order valence-electron chi connectivity index (χ3n) is 4.15. The molecule has 0 saturated heterocycles.